The molecule has 64 heavy (non-hydrogen) atoms. The van der Waals surface area contributed by atoms with E-state index in [9.17, 15) is 25.9 Å². The number of nitrogens with zero attached hydrogens (tertiary/aromatic N) is 8. The molecule has 4 heterocycles. The number of morpholine rings is 2. The number of hydrogen-bond acceptors (Lipinski definition) is 20. The minimum absolute atomic E-state index is 0. The fraction of sp³-hybridized carbons (Fsp3) is 0.200. The fourth-order valence-corrected chi connectivity index (χ4v) is 7.83. The number of hydrogen-bond donors (Lipinski definition) is 4. The Hall–Kier alpha value is -4.82. The maximum Gasteiger partial charge on any atom is 1.00 e. The summed E-state index contributed by atoms with van der Waals surface area (Å²) >= 11 is 0. The molecule has 0 spiro atoms. The Morgan fingerprint density at radius 3 is 1.12 bits per heavy atom. The van der Waals surface area contributed by atoms with Crippen LogP contribution in [0.3, 0.4) is 0 Å². The monoisotopic (exact) mass is 924 g/mol. The van der Waals surface area contributed by atoms with Crippen molar-refractivity contribution in [2.45, 2.75) is 9.79 Å². The Labute approximate surface area is 413 Å². The summed E-state index contributed by atoms with van der Waals surface area (Å²) in [6.07, 6.45) is 2.46. The molecule has 2 aromatic heterocycles. The van der Waals surface area contributed by atoms with E-state index in [2.05, 4.69) is 51.2 Å². The smallest absolute Gasteiger partial charge is 0.744 e. The van der Waals surface area contributed by atoms with E-state index in [0.717, 1.165) is 23.5 Å². The third-order valence-corrected chi connectivity index (χ3v) is 11.2. The molecule has 2 saturated heterocycles. The van der Waals surface area contributed by atoms with Crippen molar-refractivity contribution in [3.8, 4) is 0 Å². The van der Waals surface area contributed by atoms with Crippen LogP contribution >= 0.6 is 0 Å². The van der Waals surface area contributed by atoms with Gasteiger partial charge in [0, 0.05) is 48.9 Å². The number of rotatable bonds is 14. The van der Waals surface area contributed by atoms with Gasteiger partial charge in [0.25, 0.3) is 0 Å². The van der Waals surface area contributed by atoms with Crippen LogP contribution in [0.15, 0.2) is 107 Å². The minimum atomic E-state index is -5.10. The number of anilines is 10. The van der Waals surface area contributed by atoms with Gasteiger partial charge in [0.1, 0.15) is 20.2 Å². The van der Waals surface area contributed by atoms with Crippen LogP contribution in [0.4, 0.5) is 58.4 Å². The van der Waals surface area contributed by atoms with Gasteiger partial charge in [0.2, 0.25) is 35.7 Å². The Balaban J connectivity index is 0.00000340. The summed E-state index contributed by atoms with van der Waals surface area (Å²) in [6.45, 7) is 4.04. The molecule has 20 nitrogen and oxygen atoms in total. The van der Waals surface area contributed by atoms with Crippen LogP contribution in [0, 0.1) is 0 Å². The maximum absolute atomic E-state index is 12.6. The molecule has 8 rings (SSSR count). The van der Waals surface area contributed by atoms with Gasteiger partial charge in [-0.2, -0.15) is 29.9 Å². The summed E-state index contributed by atoms with van der Waals surface area (Å²) in [6, 6.07) is 26.4. The van der Waals surface area contributed by atoms with Gasteiger partial charge in [0.15, 0.2) is 0 Å². The molecule has 0 bridgehead atoms. The van der Waals surface area contributed by atoms with Gasteiger partial charge < -0.3 is 49.6 Å². The first kappa shape index (κ1) is 48.6. The fourth-order valence-electron chi connectivity index (χ4n) is 6.43. The molecule has 0 amide bonds. The summed E-state index contributed by atoms with van der Waals surface area (Å²) in [4.78, 5) is 29.7. The molecular weight excluding hydrogens is 887 g/mol. The Morgan fingerprint density at radius 1 is 0.469 bits per heavy atom. The van der Waals surface area contributed by atoms with E-state index < -0.39 is 30.0 Å². The van der Waals surface area contributed by atoms with Gasteiger partial charge in [-0.15, -0.1) is 0 Å². The van der Waals surface area contributed by atoms with Crippen molar-refractivity contribution in [2.75, 3.05) is 83.7 Å². The second kappa shape index (κ2) is 21.9. The molecule has 2 aliphatic rings. The molecule has 4 aromatic carbocycles. The Bertz CT molecular complexity index is 2620. The maximum atomic E-state index is 12.6. The molecule has 6 aromatic rings. The van der Waals surface area contributed by atoms with Crippen LogP contribution in [-0.2, 0) is 29.7 Å². The molecule has 24 heteroatoms. The molecule has 0 saturated carbocycles. The molecule has 0 aliphatic carbocycles. The number of nitrogens with one attached hydrogen (secondary N) is 4. The molecule has 4 N–H and O–H groups in total. The Morgan fingerprint density at radius 2 is 0.797 bits per heavy atom. The minimum Gasteiger partial charge on any atom is -0.744 e. The predicted molar refractivity (Wildman–Crippen MR) is 229 cm³/mol. The first-order chi connectivity index (χ1) is 29.9. The van der Waals surface area contributed by atoms with E-state index >= 15 is 0 Å². The van der Waals surface area contributed by atoms with Crippen molar-refractivity contribution in [3.05, 3.63) is 108 Å². The summed E-state index contributed by atoms with van der Waals surface area (Å²) in [5, 5.41) is 12.2. The van der Waals surface area contributed by atoms with Gasteiger partial charge in [-0.1, -0.05) is 60.7 Å². The number of para-hydroxylation sites is 2. The third-order valence-electron chi connectivity index (χ3n) is 9.42. The van der Waals surface area contributed by atoms with Gasteiger partial charge in [0.05, 0.1) is 36.2 Å². The van der Waals surface area contributed by atoms with Crippen LogP contribution in [0.25, 0.3) is 12.2 Å². The van der Waals surface area contributed by atoms with Gasteiger partial charge >= 0.3 is 59.1 Å². The molecule has 320 valence electrons. The molecule has 0 radical (unpaired) electrons. The van der Waals surface area contributed by atoms with Crippen molar-refractivity contribution in [3.63, 3.8) is 0 Å². The SMILES string of the molecule is O=S(=O)([O-])c1cc(Nc2nc(Nc3ccccc3)nc(N3CCOCC3)n2)ccc1/C=C\c1ccc(Nc2nc(Nc3ccccc3)nc(N3CCOCC3)n2)cc1S(=O)(=O)[O-].[Na+].[Na+]. The van der Waals surface area contributed by atoms with Gasteiger partial charge in [-0.3, -0.25) is 0 Å². The topological polar surface area (TPSA) is 265 Å². The van der Waals surface area contributed by atoms with Crippen molar-refractivity contribution >= 4 is 90.8 Å². The average molecular weight is 925 g/mol. The van der Waals surface area contributed by atoms with E-state index in [0.29, 0.717) is 64.5 Å². The second-order valence-electron chi connectivity index (χ2n) is 13.7. The second-order valence-corrected chi connectivity index (χ2v) is 16.4. The van der Waals surface area contributed by atoms with E-state index in [1.165, 1.54) is 36.4 Å². The van der Waals surface area contributed by atoms with Gasteiger partial charge in [-0.05, 0) is 59.7 Å². The largest absolute Gasteiger partial charge is 1.00 e. The average Bonchev–Trinajstić information content (AvgIpc) is 3.27. The molecule has 2 aliphatic heterocycles. The summed E-state index contributed by atoms with van der Waals surface area (Å²) in [5.74, 6) is 1.26. The van der Waals surface area contributed by atoms with Crippen LogP contribution in [-0.4, -0.2) is 108 Å². The van der Waals surface area contributed by atoms with Crippen molar-refractivity contribution in [2.24, 2.45) is 0 Å². The van der Waals surface area contributed by atoms with E-state index in [4.69, 9.17) is 9.47 Å². The Kier molecular flexibility index (Phi) is 16.6. The van der Waals surface area contributed by atoms with Crippen molar-refractivity contribution in [1.29, 1.82) is 0 Å². The normalized spacial score (nSPS) is 14.3. The third kappa shape index (κ3) is 12.9. The first-order valence-electron chi connectivity index (χ1n) is 19.2. The van der Waals surface area contributed by atoms with E-state index in [-0.39, 0.29) is 105 Å². The van der Waals surface area contributed by atoms with Crippen molar-refractivity contribution in [1.82, 2.24) is 29.9 Å². The van der Waals surface area contributed by atoms with Crippen LogP contribution in [0.1, 0.15) is 11.1 Å². The zero-order valence-corrected chi connectivity index (χ0v) is 40.3. The number of benzene rings is 4. The summed E-state index contributed by atoms with van der Waals surface area (Å²) in [5.41, 5.74) is 1.63. The number of ether oxygens (including phenoxy) is 2. The summed E-state index contributed by atoms with van der Waals surface area (Å²) in [7, 11) is -10.2. The molecule has 0 atom stereocenters. The molecule has 2 fully saturated rings. The summed E-state index contributed by atoms with van der Waals surface area (Å²) < 4.78 is 86.6. The number of aromatic nitrogens is 6. The van der Waals surface area contributed by atoms with E-state index in [1.807, 2.05) is 70.5 Å². The zero-order valence-electron chi connectivity index (χ0n) is 34.7. The first-order valence-corrected chi connectivity index (χ1v) is 22.0. The van der Waals surface area contributed by atoms with Gasteiger partial charge in [-0.25, -0.2) is 16.8 Å². The van der Waals surface area contributed by atoms with Crippen molar-refractivity contribution < 1.29 is 94.5 Å². The quantitative estimate of drug-likeness (QED) is 0.0561. The predicted octanol–water partition coefficient (Wildman–Crippen LogP) is -1.31. The van der Waals surface area contributed by atoms with E-state index in [1.54, 1.807) is 0 Å². The van der Waals surface area contributed by atoms with Crippen LogP contribution in [0.5, 0.6) is 0 Å². The zero-order chi connectivity index (χ0) is 43.1. The molecule has 0 unspecified atom stereocenters. The van der Waals surface area contributed by atoms with Crippen LogP contribution < -0.4 is 90.2 Å². The van der Waals surface area contributed by atoms with Crippen LogP contribution in [0.2, 0.25) is 0 Å². The molecular formula is C40H38N12Na2O8S2. The standard InChI is InChI=1S/C40H40N12O8S2.2Na/c53-61(54,55)33-25-31(43-37-45-35(41-29-7-3-1-4-8-29)47-39(49-37)51-17-21-59-22-18-51)15-13-27(33)11-12-28-14-16-32(26-34(28)62(56,57)58)44-38-46-36(42-30-9-5-2-6-10-30)48-40(50-38)52-19-23-60-24-20-52;;/h1-16,25-26H,17-24H2,(H,53,54,55)(H,56,57,58)(H2,41,43,45,47,49)(H2,42,44,46,48,50);;/q;2*+1/p-2/b12-11-;;.